The average Bonchev–Trinajstić information content (AvgIpc) is 2.95. The third-order valence-electron chi connectivity index (χ3n) is 8.12. The fourth-order valence-electron chi connectivity index (χ4n) is 5.54. The number of aliphatic hydroxyl groups is 8. The second-order valence-electron chi connectivity index (χ2n) is 10.9. The van der Waals surface area contributed by atoms with Gasteiger partial charge in [0.2, 0.25) is 12.1 Å². The van der Waals surface area contributed by atoms with E-state index in [2.05, 4.69) is 0 Å². The van der Waals surface area contributed by atoms with Crippen LogP contribution in [0.25, 0.3) is 11.1 Å². The molecule has 2 aromatic carbocycles. The number of benzene rings is 2. The van der Waals surface area contributed by atoms with Crippen LogP contribution in [0.4, 0.5) is 0 Å². The number of hydrogen-bond acceptors (Lipinski definition) is 12. The van der Waals surface area contributed by atoms with E-state index in [1.165, 1.54) is 6.92 Å². The van der Waals surface area contributed by atoms with Crippen molar-refractivity contribution in [3.8, 4) is 22.6 Å². The van der Waals surface area contributed by atoms with Crippen molar-refractivity contribution >= 4 is 0 Å². The summed E-state index contributed by atoms with van der Waals surface area (Å²) in [5, 5.41) is 81.2. The molecule has 3 heterocycles. The maximum absolute atomic E-state index is 10.7. The van der Waals surface area contributed by atoms with Gasteiger partial charge in [-0.05, 0) is 66.8 Å². The zero-order chi connectivity index (χ0) is 29.0. The van der Waals surface area contributed by atoms with Crippen LogP contribution in [0.3, 0.4) is 0 Å². The van der Waals surface area contributed by atoms with Gasteiger partial charge in [0.1, 0.15) is 54.2 Å². The summed E-state index contributed by atoms with van der Waals surface area (Å²) in [7, 11) is 0. The van der Waals surface area contributed by atoms with Crippen LogP contribution in [-0.2, 0) is 15.9 Å². The topological polar surface area (TPSA) is 199 Å². The third kappa shape index (κ3) is 4.88. The Kier molecular flexibility index (Phi) is 7.87. The second kappa shape index (κ2) is 10.8. The maximum atomic E-state index is 10.7. The number of rotatable bonds is 5. The SMILES string of the molecule is Cc1cc(-c2ccc3c(c2)CC[C@]2(O3)O[C@H](CO)[C@@H](O)[C@H](O)[C@@H]2O)ccc1O[C@H]1O[C@H](CO)[C@@H](O)[C@H](O)[C@]1(C)O. The minimum atomic E-state index is -1.94. The molecule has 0 aromatic heterocycles. The molecule has 3 aliphatic rings. The molecule has 8 N–H and O–H groups in total. The van der Waals surface area contributed by atoms with E-state index in [1.807, 2.05) is 18.2 Å². The van der Waals surface area contributed by atoms with Crippen molar-refractivity contribution in [2.45, 2.75) is 87.1 Å². The van der Waals surface area contributed by atoms with E-state index < -0.39 is 73.6 Å². The minimum absolute atomic E-state index is 0.188. The Morgan fingerprint density at radius 2 is 1.55 bits per heavy atom. The molecule has 220 valence electrons. The van der Waals surface area contributed by atoms with Crippen LogP contribution in [0, 0.1) is 6.92 Å². The predicted octanol–water partition coefficient (Wildman–Crippen LogP) is -1.27. The van der Waals surface area contributed by atoms with E-state index in [-0.39, 0.29) is 6.42 Å². The van der Waals surface area contributed by atoms with Gasteiger partial charge in [-0.25, -0.2) is 0 Å². The molecule has 40 heavy (non-hydrogen) atoms. The summed E-state index contributed by atoms with van der Waals surface area (Å²) in [6.07, 6.45) is -10.5. The number of fused-ring (bicyclic) bond motifs is 1. The monoisotopic (exact) mass is 564 g/mol. The standard InChI is InChI=1S/C28H36O12/c1-13-9-14(3-5-17(13)37-26-27(2,36)24(34)22(32)19(11-29)38-26)15-4-6-18-16(10-15)7-8-28(39-18)25(35)23(33)21(31)20(12-30)40-28/h3-6,9-10,19-26,29-36H,7-8,11-12H2,1-2H3/t19-,20-,21-,22-,23+,24+,25+,26+,27+,28+/m1/s1. The van der Waals surface area contributed by atoms with Gasteiger partial charge in [-0.1, -0.05) is 12.1 Å². The lowest BCUT2D eigenvalue weighted by molar-refractivity contribution is -0.342. The number of hydrogen-bond donors (Lipinski definition) is 8. The van der Waals surface area contributed by atoms with Crippen LogP contribution < -0.4 is 9.47 Å². The summed E-state index contributed by atoms with van der Waals surface area (Å²) < 4.78 is 23.2. The van der Waals surface area contributed by atoms with Crippen molar-refractivity contribution in [3.63, 3.8) is 0 Å². The molecule has 12 nitrogen and oxygen atoms in total. The van der Waals surface area contributed by atoms with Crippen LogP contribution in [0.15, 0.2) is 36.4 Å². The fourth-order valence-corrected chi connectivity index (χ4v) is 5.54. The maximum Gasteiger partial charge on any atom is 0.240 e. The van der Waals surface area contributed by atoms with Crippen molar-refractivity contribution in [2.24, 2.45) is 0 Å². The molecule has 2 aromatic rings. The van der Waals surface area contributed by atoms with E-state index in [1.54, 1.807) is 25.1 Å². The summed E-state index contributed by atoms with van der Waals surface area (Å²) in [6.45, 7) is 1.97. The number of aliphatic hydroxyl groups excluding tert-OH is 7. The van der Waals surface area contributed by atoms with Gasteiger partial charge >= 0.3 is 0 Å². The highest BCUT2D eigenvalue weighted by molar-refractivity contribution is 5.68. The van der Waals surface area contributed by atoms with Gasteiger partial charge in [0, 0.05) is 6.42 Å². The first kappa shape index (κ1) is 29.1. The van der Waals surface area contributed by atoms with Crippen LogP contribution in [0.5, 0.6) is 11.5 Å². The fraction of sp³-hybridized carbons (Fsp3) is 0.571. The first-order valence-electron chi connectivity index (χ1n) is 13.2. The molecule has 10 atom stereocenters. The lowest BCUT2D eigenvalue weighted by atomic mass is 9.86. The molecule has 3 aliphatic heterocycles. The van der Waals surface area contributed by atoms with Crippen LogP contribution in [0.2, 0.25) is 0 Å². The Balaban J connectivity index is 1.34. The Hall–Kier alpha value is -2.36. The summed E-state index contributed by atoms with van der Waals surface area (Å²) in [5.41, 5.74) is 1.31. The van der Waals surface area contributed by atoms with Crippen molar-refractivity contribution in [3.05, 3.63) is 47.5 Å². The van der Waals surface area contributed by atoms with E-state index in [9.17, 15) is 40.9 Å². The Labute approximate surface area is 230 Å². The molecule has 1 spiro atoms. The van der Waals surface area contributed by atoms with Crippen molar-refractivity contribution < 1.29 is 59.8 Å². The zero-order valence-electron chi connectivity index (χ0n) is 22.1. The van der Waals surface area contributed by atoms with E-state index >= 15 is 0 Å². The molecule has 0 bridgehead atoms. The summed E-state index contributed by atoms with van der Waals surface area (Å²) in [4.78, 5) is 0. The lowest BCUT2D eigenvalue weighted by Gasteiger charge is -2.49. The normalized spacial score (nSPS) is 39.5. The second-order valence-corrected chi connectivity index (χ2v) is 10.9. The highest BCUT2D eigenvalue weighted by Gasteiger charge is 2.56. The number of ether oxygens (including phenoxy) is 4. The van der Waals surface area contributed by atoms with Crippen LogP contribution in [0.1, 0.15) is 24.5 Å². The quantitative estimate of drug-likeness (QED) is 0.214. The van der Waals surface area contributed by atoms with Gasteiger partial charge in [-0.3, -0.25) is 0 Å². The Bertz CT molecular complexity index is 1220. The van der Waals surface area contributed by atoms with Gasteiger partial charge in [0.15, 0.2) is 5.60 Å². The highest BCUT2D eigenvalue weighted by Crippen LogP contribution is 2.42. The molecular formula is C28H36O12. The molecule has 5 rings (SSSR count). The average molecular weight is 565 g/mol. The van der Waals surface area contributed by atoms with Crippen molar-refractivity contribution in [1.29, 1.82) is 0 Å². The molecule has 0 amide bonds. The molecule has 0 saturated carbocycles. The molecule has 2 saturated heterocycles. The predicted molar refractivity (Wildman–Crippen MR) is 137 cm³/mol. The lowest BCUT2D eigenvalue weighted by Crippen LogP contribution is -2.68. The van der Waals surface area contributed by atoms with E-state index in [4.69, 9.17) is 18.9 Å². The molecule has 12 heteroatoms. The smallest absolute Gasteiger partial charge is 0.240 e. The summed E-state index contributed by atoms with van der Waals surface area (Å²) >= 11 is 0. The van der Waals surface area contributed by atoms with Crippen LogP contribution in [-0.4, -0.2) is 114 Å². The number of aryl methyl sites for hydroxylation is 2. The van der Waals surface area contributed by atoms with Crippen molar-refractivity contribution in [2.75, 3.05) is 13.2 Å². The largest absolute Gasteiger partial charge is 0.461 e. The molecule has 0 unspecified atom stereocenters. The highest BCUT2D eigenvalue weighted by atomic mass is 16.7. The third-order valence-corrected chi connectivity index (χ3v) is 8.12. The van der Waals surface area contributed by atoms with E-state index in [0.717, 1.165) is 16.7 Å². The van der Waals surface area contributed by atoms with Gasteiger partial charge < -0.3 is 59.8 Å². The molecule has 2 fully saturated rings. The molecular weight excluding hydrogens is 528 g/mol. The van der Waals surface area contributed by atoms with Crippen LogP contribution >= 0.6 is 0 Å². The first-order chi connectivity index (χ1) is 18.9. The van der Waals surface area contributed by atoms with Gasteiger partial charge in [0.25, 0.3) is 0 Å². The Morgan fingerprint density at radius 1 is 0.875 bits per heavy atom. The van der Waals surface area contributed by atoms with Crippen molar-refractivity contribution in [1.82, 2.24) is 0 Å². The zero-order valence-corrected chi connectivity index (χ0v) is 22.1. The summed E-state index contributed by atoms with van der Waals surface area (Å²) in [6, 6.07) is 10.8. The summed E-state index contributed by atoms with van der Waals surface area (Å²) in [5.74, 6) is -0.779. The van der Waals surface area contributed by atoms with Gasteiger partial charge in [-0.2, -0.15) is 0 Å². The minimum Gasteiger partial charge on any atom is -0.461 e. The van der Waals surface area contributed by atoms with Gasteiger partial charge in [-0.15, -0.1) is 0 Å². The molecule has 0 radical (unpaired) electrons. The van der Waals surface area contributed by atoms with E-state index in [0.29, 0.717) is 23.5 Å². The molecule has 0 aliphatic carbocycles. The van der Waals surface area contributed by atoms with Gasteiger partial charge in [0.05, 0.1) is 13.2 Å². The Morgan fingerprint density at radius 3 is 2.23 bits per heavy atom. The first-order valence-corrected chi connectivity index (χ1v) is 13.2.